The molecule has 1 aromatic rings. The summed E-state index contributed by atoms with van der Waals surface area (Å²) in [4.78, 5) is 38.0. The van der Waals surface area contributed by atoms with Crippen LogP contribution in [0.15, 0.2) is 23.1 Å². The number of nitrogens with one attached hydrogen (secondary N) is 2. The molecule has 1 aliphatic carbocycles. The third-order valence-corrected chi connectivity index (χ3v) is 8.08. The van der Waals surface area contributed by atoms with Crippen LogP contribution < -0.4 is 10.0 Å². The second-order valence-corrected chi connectivity index (χ2v) is 9.78. The van der Waals surface area contributed by atoms with Gasteiger partial charge in [-0.15, -0.1) is 0 Å². The van der Waals surface area contributed by atoms with Gasteiger partial charge in [-0.05, 0) is 37.8 Å². The van der Waals surface area contributed by atoms with Crippen molar-refractivity contribution in [2.75, 3.05) is 0 Å². The zero-order chi connectivity index (χ0) is 20.8. The smallest absolute Gasteiger partial charge is 0.255 e. The van der Waals surface area contributed by atoms with Gasteiger partial charge in [-0.25, -0.2) is 13.1 Å². The molecule has 3 amide bonds. The van der Waals surface area contributed by atoms with E-state index in [2.05, 4.69) is 10.0 Å². The number of imide groups is 1. The maximum atomic E-state index is 13.2. The molecule has 1 unspecified atom stereocenters. The summed E-state index contributed by atoms with van der Waals surface area (Å²) < 4.78 is 29.4. The Balaban J connectivity index is 1.65. The standard InChI is InChI=1S/C20H25N3O5S/c1-2-20(10-3-4-11-20)22-29(27,28)16-7-5-6-13-14(16)12-23(19(13)26)15-8-9-17(24)21-18(15)25/h5-7,15,22H,2-4,8-12H2,1H3,(H,21,24,25). The normalized spacial score (nSPS) is 24.0. The fourth-order valence-electron chi connectivity index (χ4n) is 4.73. The number of sulfonamides is 1. The van der Waals surface area contributed by atoms with Crippen LogP contribution in [0.2, 0.25) is 0 Å². The molecule has 0 spiro atoms. The lowest BCUT2D eigenvalue weighted by Crippen LogP contribution is -2.52. The van der Waals surface area contributed by atoms with Crippen LogP contribution in [-0.4, -0.2) is 42.6 Å². The van der Waals surface area contributed by atoms with E-state index < -0.39 is 27.5 Å². The van der Waals surface area contributed by atoms with Crippen LogP contribution in [0, 0.1) is 0 Å². The Morgan fingerprint density at radius 2 is 1.93 bits per heavy atom. The lowest BCUT2D eigenvalue weighted by molar-refractivity contribution is -0.136. The third kappa shape index (κ3) is 3.46. The summed E-state index contributed by atoms with van der Waals surface area (Å²) in [5.74, 6) is -1.25. The highest BCUT2D eigenvalue weighted by atomic mass is 32.2. The number of rotatable bonds is 5. The van der Waals surface area contributed by atoms with Gasteiger partial charge in [0.2, 0.25) is 21.8 Å². The summed E-state index contributed by atoms with van der Waals surface area (Å²) in [6, 6.07) is 3.90. The molecule has 1 aromatic carbocycles. The molecule has 2 heterocycles. The number of carbonyl (C=O) groups excluding carboxylic acids is 3. The van der Waals surface area contributed by atoms with Crippen molar-refractivity contribution >= 4 is 27.7 Å². The van der Waals surface area contributed by atoms with E-state index in [1.165, 1.54) is 11.0 Å². The largest absolute Gasteiger partial charge is 0.322 e. The second-order valence-electron chi connectivity index (χ2n) is 8.13. The minimum absolute atomic E-state index is 0.0383. The lowest BCUT2D eigenvalue weighted by Gasteiger charge is -2.30. The van der Waals surface area contributed by atoms with Crippen molar-refractivity contribution < 1.29 is 22.8 Å². The number of nitrogens with zero attached hydrogens (tertiary/aromatic N) is 1. The van der Waals surface area contributed by atoms with E-state index in [0.29, 0.717) is 17.5 Å². The van der Waals surface area contributed by atoms with Gasteiger partial charge in [0.25, 0.3) is 5.91 Å². The number of hydrogen-bond acceptors (Lipinski definition) is 5. The molecule has 2 fully saturated rings. The number of fused-ring (bicyclic) bond motifs is 1. The van der Waals surface area contributed by atoms with Crippen molar-refractivity contribution in [2.45, 2.75) is 74.9 Å². The third-order valence-electron chi connectivity index (χ3n) is 6.42. The highest BCUT2D eigenvalue weighted by Gasteiger charge is 2.42. The van der Waals surface area contributed by atoms with Gasteiger partial charge >= 0.3 is 0 Å². The van der Waals surface area contributed by atoms with Gasteiger partial charge in [-0.2, -0.15) is 0 Å². The van der Waals surface area contributed by atoms with E-state index in [-0.39, 0.29) is 36.1 Å². The van der Waals surface area contributed by atoms with Crippen LogP contribution in [0.25, 0.3) is 0 Å². The molecule has 0 bridgehead atoms. The van der Waals surface area contributed by atoms with Crippen LogP contribution in [0.5, 0.6) is 0 Å². The molecule has 1 atom stereocenters. The Kier molecular flexibility index (Phi) is 4.98. The summed E-state index contributed by atoms with van der Waals surface area (Å²) in [6.45, 7) is 2.02. The Morgan fingerprint density at radius 3 is 2.59 bits per heavy atom. The first-order chi connectivity index (χ1) is 13.8. The van der Waals surface area contributed by atoms with Gasteiger partial charge in [0.1, 0.15) is 6.04 Å². The number of piperidine rings is 1. The summed E-state index contributed by atoms with van der Waals surface area (Å²) in [5, 5.41) is 2.26. The van der Waals surface area contributed by atoms with Crippen molar-refractivity contribution in [2.24, 2.45) is 0 Å². The molecule has 9 heteroatoms. The van der Waals surface area contributed by atoms with Crippen molar-refractivity contribution in [3.63, 3.8) is 0 Å². The monoisotopic (exact) mass is 419 g/mol. The average molecular weight is 420 g/mol. The SMILES string of the molecule is CCC1(NS(=O)(=O)c2cccc3c2CN(C2CCC(=O)NC2=O)C3=O)CCCC1. The van der Waals surface area contributed by atoms with Gasteiger partial charge in [-0.1, -0.05) is 25.8 Å². The summed E-state index contributed by atoms with van der Waals surface area (Å²) in [6.07, 6.45) is 4.70. The molecule has 29 heavy (non-hydrogen) atoms. The number of hydrogen-bond donors (Lipinski definition) is 2. The molecule has 1 saturated carbocycles. The molecule has 1 saturated heterocycles. The molecule has 4 rings (SSSR count). The predicted octanol–water partition coefficient (Wildman–Crippen LogP) is 1.45. The quantitative estimate of drug-likeness (QED) is 0.702. The number of carbonyl (C=O) groups is 3. The summed E-state index contributed by atoms with van der Waals surface area (Å²) in [5.41, 5.74) is 0.279. The van der Waals surface area contributed by atoms with Crippen molar-refractivity contribution in [1.29, 1.82) is 0 Å². The minimum Gasteiger partial charge on any atom is -0.322 e. The molecule has 0 aromatic heterocycles. The first-order valence-corrected chi connectivity index (χ1v) is 11.6. The first-order valence-electron chi connectivity index (χ1n) is 10.1. The Bertz CT molecular complexity index is 982. The van der Waals surface area contributed by atoms with Crippen LogP contribution >= 0.6 is 0 Å². The minimum atomic E-state index is -3.82. The first kappa shape index (κ1) is 20.0. The average Bonchev–Trinajstić information content (AvgIpc) is 3.27. The van der Waals surface area contributed by atoms with Gasteiger partial charge in [-0.3, -0.25) is 19.7 Å². The van der Waals surface area contributed by atoms with Crippen LogP contribution in [0.3, 0.4) is 0 Å². The maximum Gasteiger partial charge on any atom is 0.255 e. The Labute approximate surface area is 170 Å². The number of benzene rings is 1. The highest BCUT2D eigenvalue weighted by molar-refractivity contribution is 7.89. The highest BCUT2D eigenvalue weighted by Crippen LogP contribution is 2.36. The molecule has 2 N–H and O–H groups in total. The van der Waals surface area contributed by atoms with Crippen LogP contribution in [-0.2, 0) is 26.2 Å². The van der Waals surface area contributed by atoms with E-state index in [1.54, 1.807) is 12.1 Å². The van der Waals surface area contributed by atoms with E-state index in [9.17, 15) is 22.8 Å². The van der Waals surface area contributed by atoms with E-state index in [0.717, 1.165) is 25.7 Å². The van der Waals surface area contributed by atoms with Gasteiger partial charge in [0.05, 0.1) is 4.90 Å². The molecule has 8 nitrogen and oxygen atoms in total. The number of amides is 3. The maximum absolute atomic E-state index is 13.2. The zero-order valence-corrected chi connectivity index (χ0v) is 17.2. The fourth-order valence-corrected chi connectivity index (χ4v) is 6.51. The van der Waals surface area contributed by atoms with Gasteiger partial charge in [0, 0.05) is 29.6 Å². The molecule has 0 radical (unpaired) electrons. The van der Waals surface area contributed by atoms with Crippen molar-refractivity contribution in [3.05, 3.63) is 29.3 Å². The zero-order valence-electron chi connectivity index (χ0n) is 16.4. The molecule has 2 aliphatic heterocycles. The topological polar surface area (TPSA) is 113 Å². The Hall–Kier alpha value is -2.26. The van der Waals surface area contributed by atoms with Crippen molar-refractivity contribution in [1.82, 2.24) is 14.9 Å². The van der Waals surface area contributed by atoms with E-state index in [4.69, 9.17) is 0 Å². The molecular formula is C20H25N3O5S. The summed E-state index contributed by atoms with van der Waals surface area (Å²) >= 11 is 0. The lowest BCUT2D eigenvalue weighted by atomic mass is 9.96. The predicted molar refractivity (Wildman–Crippen MR) is 104 cm³/mol. The van der Waals surface area contributed by atoms with Gasteiger partial charge in [0.15, 0.2) is 0 Å². The van der Waals surface area contributed by atoms with Crippen molar-refractivity contribution in [3.8, 4) is 0 Å². The molecule has 3 aliphatic rings. The second kappa shape index (κ2) is 7.21. The molecular weight excluding hydrogens is 394 g/mol. The van der Waals surface area contributed by atoms with E-state index in [1.807, 2.05) is 6.92 Å². The van der Waals surface area contributed by atoms with Crippen LogP contribution in [0.4, 0.5) is 0 Å². The Morgan fingerprint density at radius 1 is 1.21 bits per heavy atom. The van der Waals surface area contributed by atoms with E-state index >= 15 is 0 Å². The summed E-state index contributed by atoms with van der Waals surface area (Å²) in [7, 11) is -3.82. The van der Waals surface area contributed by atoms with Gasteiger partial charge < -0.3 is 4.90 Å². The van der Waals surface area contributed by atoms with Crippen LogP contribution in [0.1, 0.15) is 67.8 Å². The fraction of sp³-hybridized carbons (Fsp3) is 0.550. The molecule has 156 valence electrons.